The van der Waals surface area contributed by atoms with E-state index in [1.807, 2.05) is 0 Å². The van der Waals surface area contributed by atoms with E-state index in [9.17, 15) is 0 Å². The third-order valence-corrected chi connectivity index (χ3v) is 7.45. The van der Waals surface area contributed by atoms with Gasteiger partial charge in [0.05, 0.1) is 6.07 Å². The molecule has 144 valence electrons. The Morgan fingerprint density at radius 3 is 1.76 bits per heavy atom. The molecule has 2 aliphatic rings. The van der Waals surface area contributed by atoms with Crippen LogP contribution in [0, 0.1) is 40.9 Å². The van der Waals surface area contributed by atoms with E-state index in [-0.39, 0.29) is 0 Å². The van der Waals surface area contributed by atoms with Gasteiger partial charge in [0, 0.05) is 6.42 Å². The molecule has 2 saturated carbocycles. The van der Waals surface area contributed by atoms with Crippen molar-refractivity contribution in [3.63, 3.8) is 0 Å². The lowest BCUT2D eigenvalue weighted by Gasteiger charge is -2.37. The first-order valence-electron chi connectivity index (χ1n) is 11.6. The van der Waals surface area contributed by atoms with Crippen molar-refractivity contribution < 1.29 is 0 Å². The first kappa shape index (κ1) is 20.8. The SMILES string of the molecule is CCCC(CCC)CCCC1CCC(C2CCC(CC#N)CC2)CC1. The molecule has 0 N–H and O–H groups in total. The third-order valence-electron chi connectivity index (χ3n) is 7.45. The summed E-state index contributed by atoms with van der Waals surface area (Å²) in [6, 6.07) is 2.38. The molecule has 2 fully saturated rings. The summed E-state index contributed by atoms with van der Waals surface area (Å²) in [7, 11) is 0. The van der Waals surface area contributed by atoms with E-state index in [1.165, 1.54) is 96.3 Å². The van der Waals surface area contributed by atoms with Crippen molar-refractivity contribution in [3.8, 4) is 6.07 Å². The van der Waals surface area contributed by atoms with Gasteiger partial charge in [-0.2, -0.15) is 5.26 Å². The molecule has 0 aromatic rings. The van der Waals surface area contributed by atoms with Crippen molar-refractivity contribution >= 4 is 0 Å². The van der Waals surface area contributed by atoms with Gasteiger partial charge in [-0.25, -0.2) is 0 Å². The minimum absolute atomic E-state index is 0.719. The zero-order valence-electron chi connectivity index (χ0n) is 17.1. The van der Waals surface area contributed by atoms with Crippen LogP contribution in [0.1, 0.15) is 117 Å². The van der Waals surface area contributed by atoms with Crippen molar-refractivity contribution in [1.82, 2.24) is 0 Å². The minimum Gasteiger partial charge on any atom is -0.198 e. The Bertz CT molecular complexity index is 360. The highest BCUT2D eigenvalue weighted by Gasteiger charge is 2.30. The molecule has 0 aliphatic heterocycles. The van der Waals surface area contributed by atoms with E-state index in [4.69, 9.17) is 5.26 Å². The van der Waals surface area contributed by atoms with Crippen LogP contribution in [0.15, 0.2) is 0 Å². The van der Waals surface area contributed by atoms with Gasteiger partial charge >= 0.3 is 0 Å². The van der Waals surface area contributed by atoms with Gasteiger partial charge in [-0.3, -0.25) is 0 Å². The zero-order valence-corrected chi connectivity index (χ0v) is 17.1. The molecule has 0 saturated heterocycles. The molecule has 0 spiro atoms. The fourth-order valence-electron chi connectivity index (χ4n) is 5.89. The second-order valence-electron chi connectivity index (χ2n) is 9.30. The van der Waals surface area contributed by atoms with Gasteiger partial charge < -0.3 is 0 Å². The maximum Gasteiger partial charge on any atom is 0.0624 e. The van der Waals surface area contributed by atoms with Gasteiger partial charge in [-0.05, 0) is 68.1 Å². The first-order chi connectivity index (χ1) is 12.3. The van der Waals surface area contributed by atoms with Crippen LogP contribution in [0.5, 0.6) is 0 Å². The lowest BCUT2D eigenvalue weighted by molar-refractivity contribution is 0.143. The smallest absolute Gasteiger partial charge is 0.0624 e. The summed E-state index contributed by atoms with van der Waals surface area (Å²) in [6.45, 7) is 4.69. The Kier molecular flexibility index (Phi) is 9.97. The Balaban J connectivity index is 1.59. The largest absolute Gasteiger partial charge is 0.198 e. The van der Waals surface area contributed by atoms with Crippen molar-refractivity contribution in [2.45, 2.75) is 117 Å². The van der Waals surface area contributed by atoms with Crippen molar-refractivity contribution in [2.75, 3.05) is 0 Å². The molecule has 0 unspecified atom stereocenters. The Labute approximate surface area is 158 Å². The molecule has 0 heterocycles. The van der Waals surface area contributed by atoms with Gasteiger partial charge in [-0.1, -0.05) is 71.6 Å². The number of rotatable bonds is 10. The number of hydrogen-bond donors (Lipinski definition) is 0. The van der Waals surface area contributed by atoms with Crippen LogP contribution in [0.4, 0.5) is 0 Å². The van der Waals surface area contributed by atoms with E-state index < -0.39 is 0 Å². The number of hydrogen-bond acceptors (Lipinski definition) is 1. The molecule has 2 aliphatic carbocycles. The molecule has 0 atom stereocenters. The second-order valence-corrected chi connectivity index (χ2v) is 9.30. The molecule has 0 amide bonds. The third kappa shape index (κ3) is 7.32. The normalized spacial score (nSPS) is 30.3. The summed E-state index contributed by atoms with van der Waals surface area (Å²) in [5, 5.41) is 8.88. The van der Waals surface area contributed by atoms with E-state index in [2.05, 4.69) is 19.9 Å². The highest BCUT2D eigenvalue weighted by molar-refractivity contribution is 4.85. The van der Waals surface area contributed by atoms with Crippen LogP contribution < -0.4 is 0 Å². The predicted octanol–water partition coefficient (Wildman–Crippen LogP) is 7.90. The summed E-state index contributed by atoms with van der Waals surface area (Å²) in [4.78, 5) is 0. The molecule has 25 heavy (non-hydrogen) atoms. The maximum atomic E-state index is 8.88. The minimum atomic E-state index is 0.719. The fourth-order valence-corrected chi connectivity index (χ4v) is 5.89. The Hall–Kier alpha value is -0.510. The van der Waals surface area contributed by atoms with Gasteiger partial charge in [0.25, 0.3) is 0 Å². The molecule has 1 heteroatoms. The molecule has 2 rings (SSSR count). The van der Waals surface area contributed by atoms with Gasteiger partial charge in [0.2, 0.25) is 0 Å². The van der Waals surface area contributed by atoms with Crippen LogP contribution in [0.2, 0.25) is 0 Å². The van der Waals surface area contributed by atoms with Crippen LogP contribution >= 0.6 is 0 Å². The highest BCUT2D eigenvalue weighted by Crippen LogP contribution is 2.42. The molecular formula is C24H43N. The van der Waals surface area contributed by atoms with E-state index in [1.54, 1.807) is 0 Å². The Morgan fingerprint density at radius 2 is 1.28 bits per heavy atom. The zero-order chi connectivity index (χ0) is 17.9. The van der Waals surface area contributed by atoms with Crippen LogP contribution in [0.3, 0.4) is 0 Å². The van der Waals surface area contributed by atoms with Crippen molar-refractivity contribution in [1.29, 1.82) is 5.26 Å². The van der Waals surface area contributed by atoms with Crippen molar-refractivity contribution in [3.05, 3.63) is 0 Å². The highest BCUT2D eigenvalue weighted by atomic mass is 14.4. The molecule has 0 aromatic carbocycles. The Morgan fingerprint density at radius 1 is 0.760 bits per heavy atom. The van der Waals surface area contributed by atoms with Gasteiger partial charge in [0.1, 0.15) is 0 Å². The van der Waals surface area contributed by atoms with Crippen LogP contribution in [-0.4, -0.2) is 0 Å². The van der Waals surface area contributed by atoms with Crippen LogP contribution in [-0.2, 0) is 0 Å². The summed E-state index contributed by atoms with van der Waals surface area (Å²) in [6.07, 6.45) is 22.4. The van der Waals surface area contributed by atoms with Gasteiger partial charge in [0.15, 0.2) is 0 Å². The lowest BCUT2D eigenvalue weighted by atomic mass is 9.68. The van der Waals surface area contributed by atoms with E-state index >= 15 is 0 Å². The van der Waals surface area contributed by atoms with E-state index in [0.717, 1.165) is 36.0 Å². The molecule has 1 nitrogen and oxygen atoms in total. The molecule has 0 aromatic heterocycles. The summed E-state index contributed by atoms with van der Waals surface area (Å²) in [5.74, 6) is 4.78. The summed E-state index contributed by atoms with van der Waals surface area (Å²) >= 11 is 0. The maximum absolute atomic E-state index is 8.88. The predicted molar refractivity (Wildman–Crippen MR) is 108 cm³/mol. The second kappa shape index (κ2) is 12.0. The standard InChI is InChI=1S/C24H43N/c1-3-6-20(7-4-2)8-5-9-21-10-14-23(15-11-21)24-16-12-22(13-17-24)18-19-25/h20-24H,3-18H2,1-2H3. The van der Waals surface area contributed by atoms with Gasteiger partial charge in [-0.15, -0.1) is 0 Å². The average molecular weight is 346 g/mol. The molecular weight excluding hydrogens is 302 g/mol. The number of nitrogens with zero attached hydrogens (tertiary/aromatic N) is 1. The van der Waals surface area contributed by atoms with Crippen molar-refractivity contribution in [2.24, 2.45) is 29.6 Å². The first-order valence-corrected chi connectivity index (χ1v) is 11.6. The summed E-state index contributed by atoms with van der Waals surface area (Å²) in [5.41, 5.74) is 0. The monoisotopic (exact) mass is 345 g/mol. The lowest BCUT2D eigenvalue weighted by Crippen LogP contribution is -2.25. The topological polar surface area (TPSA) is 23.8 Å². The molecule has 0 radical (unpaired) electrons. The average Bonchev–Trinajstić information content (AvgIpc) is 2.64. The summed E-state index contributed by atoms with van der Waals surface area (Å²) < 4.78 is 0. The van der Waals surface area contributed by atoms with E-state index in [0.29, 0.717) is 0 Å². The van der Waals surface area contributed by atoms with Crippen LogP contribution in [0.25, 0.3) is 0 Å². The number of nitriles is 1. The molecule has 0 bridgehead atoms. The fraction of sp³-hybridized carbons (Fsp3) is 0.958. The quantitative estimate of drug-likeness (QED) is 0.394.